The average Bonchev–Trinajstić information content (AvgIpc) is 1.86. The molecule has 0 radical (unpaired) electrons. The van der Waals surface area contributed by atoms with Crippen LogP contribution in [0.1, 0.15) is 138 Å². The zero-order valence-electron chi connectivity index (χ0n) is 43.0. The first kappa shape index (κ1) is 50.4. The van der Waals surface area contributed by atoms with Crippen LogP contribution in [0.5, 0.6) is 74.7 Å². The minimum Gasteiger partial charge on any atom is -0.508 e. The number of ether oxygens (including phenoxy) is 3. The SMILES string of the molecule is COC(=O)C[C@@H](c1ccc(O)cc1)c1c(O)c2c3c4c1O[C@H](c1ccc(O)cc1)[C@H]4c1cc(O)cc(O)c1[C@H](c1ccc(O)cc1)[C@@H]3[C@@H](c1ccc(O)cc1)[C@@H]2c1cc(O)cc2c1[C@H](c1cc(O)cc(O)c1)[C@@H](c1ccc(O)cc1)O2. The van der Waals surface area contributed by atoms with Crippen molar-refractivity contribution in [3.05, 3.63) is 242 Å². The molecule has 2 aliphatic carbocycles. The van der Waals surface area contributed by atoms with E-state index in [0.29, 0.717) is 72.3 Å². The molecule has 0 saturated heterocycles. The molecule has 0 spiro atoms. The smallest absolute Gasteiger partial charge is 0.306 e. The van der Waals surface area contributed by atoms with Crippen molar-refractivity contribution in [3.8, 4) is 74.7 Å². The van der Waals surface area contributed by atoms with Crippen molar-refractivity contribution in [2.24, 2.45) is 0 Å². The Hall–Kier alpha value is -10.2. The van der Waals surface area contributed by atoms with Gasteiger partial charge in [-0.05, 0) is 135 Å². The quantitative estimate of drug-likeness (QED) is 0.0569. The zero-order chi connectivity index (χ0) is 56.3. The van der Waals surface area contributed by atoms with E-state index in [0.717, 1.165) is 0 Å². The Kier molecular flexibility index (Phi) is 11.8. The van der Waals surface area contributed by atoms with Crippen molar-refractivity contribution in [2.75, 3.05) is 7.11 Å². The molecule has 0 fully saturated rings. The highest BCUT2D eigenvalue weighted by molar-refractivity contribution is 5.79. The molecule has 2 heterocycles. The van der Waals surface area contributed by atoms with E-state index >= 15 is 0 Å². The van der Waals surface area contributed by atoms with Crippen LogP contribution in [0.2, 0.25) is 0 Å². The summed E-state index contributed by atoms with van der Waals surface area (Å²) in [5.41, 5.74) is 6.51. The second-order valence-electron chi connectivity index (χ2n) is 21.4. The van der Waals surface area contributed by atoms with Gasteiger partial charge in [0.15, 0.2) is 0 Å². The third-order valence-corrected chi connectivity index (χ3v) is 16.9. The van der Waals surface area contributed by atoms with Crippen LogP contribution in [0.25, 0.3) is 0 Å². The number of hydrogen-bond donors (Lipinski definition) is 11. The molecule has 0 amide bonds. The van der Waals surface area contributed by atoms with Gasteiger partial charge in [-0.15, -0.1) is 0 Å². The Morgan fingerprint density at radius 1 is 0.420 bits per heavy atom. The molecular weight excluding hydrogens is 1030 g/mol. The fraction of sp³-hybridized carbons (Fsp3) is 0.167. The summed E-state index contributed by atoms with van der Waals surface area (Å²) in [5, 5.41) is 127. The van der Waals surface area contributed by atoms with E-state index in [1.165, 1.54) is 86.0 Å². The van der Waals surface area contributed by atoms with Gasteiger partial charge in [0.05, 0.1) is 25.4 Å². The van der Waals surface area contributed by atoms with Crippen LogP contribution in [0.4, 0.5) is 0 Å². The predicted molar refractivity (Wildman–Crippen MR) is 294 cm³/mol. The number of benzene rings is 9. The maximum absolute atomic E-state index is 14.2. The second kappa shape index (κ2) is 19.0. The number of carbonyl (C=O) groups is 1. The van der Waals surface area contributed by atoms with Gasteiger partial charge < -0.3 is 70.4 Å². The lowest BCUT2D eigenvalue weighted by atomic mass is 9.68. The van der Waals surface area contributed by atoms with Gasteiger partial charge in [0.1, 0.15) is 87.0 Å². The molecule has 0 aromatic heterocycles. The van der Waals surface area contributed by atoms with Crippen molar-refractivity contribution in [1.29, 1.82) is 0 Å². The first-order chi connectivity index (χ1) is 39.0. The topological polar surface area (TPSA) is 267 Å². The summed E-state index contributed by atoms with van der Waals surface area (Å²) in [7, 11) is 1.25. The first-order valence-electron chi connectivity index (χ1n) is 26.3. The number of carbonyl (C=O) groups excluding carboxylic acids is 1. The Balaban J connectivity index is 1.22. The number of phenols is 11. The molecule has 11 N–H and O–H groups in total. The number of rotatable bonds is 10. The molecule has 81 heavy (non-hydrogen) atoms. The fourth-order valence-electron chi connectivity index (χ4n) is 13.8. The molecular formula is C66H52O15. The normalized spacial score (nSPS) is 21.2. The molecule has 0 saturated carbocycles. The number of hydrogen-bond acceptors (Lipinski definition) is 15. The second-order valence-corrected chi connectivity index (χ2v) is 21.4. The monoisotopic (exact) mass is 1080 g/mol. The summed E-state index contributed by atoms with van der Waals surface area (Å²) < 4.78 is 19.6. The highest BCUT2D eigenvalue weighted by atomic mass is 16.5. The molecule has 15 nitrogen and oxygen atoms in total. The van der Waals surface area contributed by atoms with Gasteiger partial charge in [0.25, 0.3) is 0 Å². The van der Waals surface area contributed by atoms with Gasteiger partial charge in [-0.25, -0.2) is 0 Å². The van der Waals surface area contributed by atoms with E-state index in [2.05, 4.69) is 0 Å². The van der Waals surface area contributed by atoms with E-state index < -0.39 is 59.6 Å². The highest BCUT2D eigenvalue weighted by Crippen LogP contribution is 2.73. The summed E-state index contributed by atoms with van der Waals surface area (Å²) in [4.78, 5) is 13.9. The fourth-order valence-corrected chi connectivity index (χ4v) is 13.8. The minimum absolute atomic E-state index is 0.0107. The molecule has 9 aromatic carbocycles. The van der Waals surface area contributed by atoms with Crippen molar-refractivity contribution >= 4 is 5.97 Å². The summed E-state index contributed by atoms with van der Waals surface area (Å²) in [5.74, 6) is -8.67. The number of methoxy groups -OCH3 is 1. The van der Waals surface area contributed by atoms with Crippen LogP contribution in [-0.4, -0.2) is 69.3 Å². The predicted octanol–water partition coefficient (Wildman–Crippen LogP) is 11.8. The Labute approximate surface area is 462 Å². The molecule has 4 aliphatic rings. The van der Waals surface area contributed by atoms with Crippen molar-refractivity contribution in [3.63, 3.8) is 0 Å². The summed E-state index contributed by atoms with van der Waals surface area (Å²) in [6, 6.07) is 42.3. The molecule has 0 bridgehead atoms. The van der Waals surface area contributed by atoms with Crippen LogP contribution in [0.15, 0.2) is 164 Å². The standard InChI is InChI=1S/C66H52O15/c1-79-50(77)29-45(30-2-12-36(67)13-3-30)58-63(78)61-56(47-26-44(75)28-49-55(47)53(35-22-41(72)24-42(73)23-35)64(80-49)33-8-18-39(70)19-9-33)52(32-6-16-38(69)17-7-32)59-51(31-4-14-37(68)15-5-31)54-46(25-43(74)27-48(54)76)57-62(60(59)61)66(58)81-65(57)34-10-20-40(71)21-11-34/h2-28,45,51-53,56-57,59,64-65,67-76,78H,29H2,1H3/t45-,51-,52-,53-,56-,57-,59+,64+,65+/m0/s1. The Morgan fingerprint density at radius 2 is 0.901 bits per heavy atom. The van der Waals surface area contributed by atoms with Gasteiger partial charge in [0, 0.05) is 75.6 Å². The summed E-state index contributed by atoms with van der Waals surface area (Å²) >= 11 is 0. The summed E-state index contributed by atoms with van der Waals surface area (Å²) in [6.45, 7) is 0. The lowest BCUT2D eigenvalue weighted by Crippen LogP contribution is -2.21. The van der Waals surface area contributed by atoms with Gasteiger partial charge in [0.2, 0.25) is 0 Å². The number of fused-ring (bicyclic) bond motifs is 3. The third kappa shape index (κ3) is 8.21. The van der Waals surface area contributed by atoms with Crippen LogP contribution in [0.3, 0.4) is 0 Å². The van der Waals surface area contributed by atoms with Crippen molar-refractivity contribution < 1.29 is 75.2 Å². The summed E-state index contributed by atoms with van der Waals surface area (Å²) in [6.07, 6.45) is -2.28. The van der Waals surface area contributed by atoms with E-state index in [4.69, 9.17) is 14.2 Å². The van der Waals surface area contributed by atoms with Crippen LogP contribution in [-0.2, 0) is 9.53 Å². The molecule has 15 heteroatoms. The van der Waals surface area contributed by atoms with Gasteiger partial charge in [-0.2, -0.15) is 0 Å². The third-order valence-electron chi connectivity index (χ3n) is 16.9. The number of phenolic OH excluding ortho intramolecular Hbond substituents is 11. The zero-order valence-corrected chi connectivity index (χ0v) is 43.0. The van der Waals surface area contributed by atoms with Crippen molar-refractivity contribution in [1.82, 2.24) is 0 Å². The van der Waals surface area contributed by atoms with E-state index in [1.54, 1.807) is 84.9 Å². The minimum atomic E-state index is -1.07. The molecule has 406 valence electrons. The maximum Gasteiger partial charge on any atom is 0.306 e. The molecule has 9 atom stereocenters. The number of esters is 1. The molecule has 2 aliphatic heterocycles. The van der Waals surface area contributed by atoms with Gasteiger partial charge in [-0.1, -0.05) is 60.7 Å². The molecule has 0 unspecified atom stereocenters. The van der Waals surface area contributed by atoms with Crippen LogP contribution in [0, 0.1) is 0 Å². The van der Waals surface area contributed by atoms with Crippen LogP contribution < -0.4 is 9.47 Å². The number of aromatic hydroxyl groups is 11. The Bertz CT molecular complexity index is 3950. The highest BCUT2D eigenvalue weighted by Gasteiger charge is 2.59. The largest absolute Gasteiger partial charge is 0.508 e. The Morgan fingerprint density at radius 3 is 1.46 bits per heavy atom. The first-order valence-corrected chi connectivity index (χ1v) is 26.3. The molecule has 9 aromatic rings. The maximum atomic E-state index is 14.2. The lowest BCUT2D eigenvalue weighted by molar-refractivity contribution is -0.140. The average molecular weight is 1090 g/mol. The van der Waals surface area contributed by atoms with E-state index in [1.807, 2.05) is 0 Å². The molecule has 13 rings (SSSR count). The van der Waals surface area contributed by atoms with Gasteiger partial charge in [-0.3, -0.25) is 4.79 Å². The van der Waals surface area contributed by atoms with E-state index in [9.17, 15) is 61.0 Å². The lowest BCUT2D eigenvalue weighted by Gasteiger charge is -2.35. The van der Waals surface area contributed by atoms with Crippen LogP contribution >= 0.6 is 0 Å². The van der Waals surface area contributed by atoms with Crippen molar-refractivity contribution in [2.45, 2.75) is 60.1 Å². The van der Waals surface area contributed by atoms with E-state index in [-0.39, 0.29) is 86.7 Å². The van der Waals surface area contributed by atoms with Gasteiger partial charge >= 0.3 is 5.97 Å².